The van der Waals surface area contributed by atoms with Crippen molar-refractivity contribution in [2.24, 2.45) is 0 Å². The zero-order valence-corrected chi connectivity index (χ0v) is 21.0. The Kier molecular flexibility index (Phi) is 8.94. The monoisotopic (exact) mass is 554 g/mol. The normalized spacial score (nSPS) is 11.9. The van der Waals surface area contributed by atoms with Crippen LogP contribution >= 0.6 is 35.4 Å². The summed E-state index contributed by atoms with van der Waals surface area (Å²) in [6.45, 7) is 0. The van der Waals surface area contributed by atoms with E-state index in [1.807, 2.05) is 0 Å². The highest BCUT2D eigenvalue weighted by Crippen LogP contribution is 2.32. The van der Waals surface area contributed by atoms with Crippen LogP contribution < -0.4 is 10.6 Å². The Morgan fingerprint density at radius 1 is 0.972 bits per heavy atom. The number of carbonyl (C=O) groups excluding carboxylic acids is 2. The maximum atomic E-state index is 13.4. The van der Waals surface area contributed by atoms with Gasteiger partial charge in [0.1, 0.15) is 11.0 Å². The van der Waals surface area contributed by atoms with E-state index in [4.69, 9.17) is 40.2 Å². The molecule has 2 N–H and O–H groups in total. The first-order valence-electron chi connectivity index (χ1n) is 10.4. The second kappa shape index (κ2) is 11.7. The molecule has 188 valence electrons. The van der Waals surface area contributed by atoms with Gasteiger partial charge in [-0.1, -0.05) is 71.8 Å². The fraction of sp³-hybridized carbons (Fsp3) is 0.160. The van der Waals surface area contributed by atoms with Crippen LogP contribution in [-0.4, -0.2) is 30.0 Å². The van der Waals surface area contributed by atoms with Gasteiger partial charge in [-0.25, -0.2) is 4.79 Å². The summed E-state index contributed by atoms with van der Waals surface area (Å²) in [5.74, 6) is -1.20. The molecule has 0 bridgehead atoms. The smallest absolute Gasteiger partial charge is 0.417 e. The molecule has 3 aromatic carbocycles. The van der Waals surface area contributed by atoms with Gasteiger partial charge in [0.05, 0.1) is 28.3 Å². The molecule has 1 atom stereocenters. The minimum Gasteiger partial charge on any atom is -0.467 e. The van der Waals surface area contributed by atoms with Gasteiger partial charge in [-0.2, -0.15) is 13.2 Å². The standard InChI is InChI=1S/C25H19Cl2F3N2O3S/c1-35-24(34)20(32-23(36)16-5-2-3-6-17(16)25(28,29)30)13-14-9-11-15(12-10-14)31-22(33)21-18(26)7-4-8-19(21)27/h2-12,20H,13H2,1H3,(H,31,33)(H,32,36). The molecule has 1 amide bonds. The molecule has 5 nitrogen and oxygen atoms in total. The van der Waals surface area contributed by atoms with E-state index in [2.05, 4.69) is 10.6 Å². The largest absolute Gasteiger partial charge is 0.467 e. The topological polar surface area (TPSA) is 67.4 Å². The number of rotatable bonds is 7. The second-order valence-corrected chi connectivity index (χ2v) is 8.77. The molecule has 0 spiro atoms. The number of ether oxygens (including phenoxy) is 1. The number of hydrogen-bond donors (Lipinski definition) is 2. The number of halogens is 5. The number of thiocarbonyl (C=S) groups is 1. The SMILES string of the molecule is COC(=O)C(Cc1ccc(NC(=O)c2c(Cl)cccc2Cl)cc1)NC(=S)c1ccccc1C(F)(F)F. The van der Waals surface area contributed by atoms with Gasteiger partial charge in [-0.15, -0.1) is 0 Å². The lowest BCUT2D eigenvalue weighted by molar-refractivity contribution is -0.142. The van der Waals surface area contributed by atoms with Crippen LogP contribution in [0.15, 0.2) is 66.7 Å². The molecule has 0 heterocycles. The van der Waals surface area contributed by atoms with Gasteiger partial charge in [-0.05, 0) is 35.9 Å². The molecular weight excluding hydrogens is 536 g/mol. The number of methoxy groups -OCH3 is 1. The van der Waals surface area contributed by atoms with E-state index in [0.29, 0.717) is 11.3 Å². The van der Waals surface area contributed by atoms with Crippen molar-refractivity contribution in [1.82, 2.24) is 5.32 Å². The lowest BCUT2D eigenvalue weighted by Crippen LogP contribution is -2.43. The fourth-order valence-corrected chi connectivity index (χ4v) is 4.26. The Labute approximate surface area is 220 Å². The number of anilines is 1. The van der Waals surface area contributed by atoms with Gasteiger partial charge in [-0.3, -0.25) is 4.79 Å². The molecule has 36 heavy (non-hydrogen) atoms. The van der Waals surface area contributed by atoms with Gasteiger partial charge < -0.3 is 15.4 Å². The van der Waals surface area contributed by atoms with E-state index in [-0.39, 0.29) is 32.6 Å². The summed E-state index contributed by atoms with van der Waals surface area (Å²) >= 11 is 17.3. The molecule has 0 saturated carbocycles. The van der Waals surface area contributed by atoms with E-state index in [1.54, 1.807) is 42.5 Å². The number of nitrogens with one attached hydrogen (secondary N) is 2. The van der Waals surface area contributed by atoms with Crippen molar-refractivity contribution in [3.8, 4) is 0 Å². The van der Waals surface area contributed by atoms with Crippen LogP contribution in [-0.2, 0) is 22.1 Å². The zero-order chi connectivity index (χ0) is 26.5. The summed E-state index contributed by atoms with van der Waals surface area (Å²) in [6, 6.07) is 15.0. The quantitative estimate of drug-likeness (QED) is 0.264. The number of benzene rings is 3. The summed E-state index contributed by atoms with van der Waals surface area (Å²) in [5, 5.41) is 5.77. The van der Waals surface area contributed by atoms with Crippen molar-refractivity contribution in [2.45, 2.75) is 18.6 Å². The summed E-state index contributed by atoms with van der Waals surface area (Å²) in [6.07, 6.45) is -4.55. The van der Waals surface area contributed by atoms with Crippen LogP contribution in [0.25, 0.3) is 0 Å². The van der Waals surface area contributed by atoms with E-state index < -0.39 is 29.7 Å². The van der Waals surface area contributed by atoms with Gasteiger partial charge in [0, 0.05) is 17.7 Å². The van der Waals surface area contributed by atoms with Crippen molar-refractivity contribution >= 4 is 58.0 Å². The number of carbonyl (C=O) groups is 2. The minimum absolute atomic E-state index is 0.0611. The molecule has 0 radical (unpaired) electrons. The molecule has 11 heteroatoms. The second-order valence-electron chi connectivity index (χ2n) is 7.54. The maximum Gasteiger partial charge on any atom is 0.417 e. The number of esters is 1. The molecule has 0 aliphatic rings. The van der Waals surface area contributed by atoms with Crippen molar-refractivity contribution in [3.05, 3.63) is 99.0 Å². The molecule has 0 aliphatic heterocycles. The molecule has 1 unspecified atom stereocenters. The molecular formula is C25H19Cl2F3N2O3S. The molecule has 0 aliphatic carbocycles. The lowest BCUT2D eigenvalue weighted by Gasteiger charge is -2.20. The highest BCUT2D eigenvalue weighted by molar-refractivity contribution is 7.80. The third-order valence-corrected chi connectivity index (χ3v) is 6.08. The van der Waals surface area contributed by atoms with Crippen molar-refractivity contribution in [1.29, 1.82) is 0 Å². The van der Waals surface area contributed by atoms with E-state index in [1.165, 1.54) is 25.3 Å². The Morgan fingerprint density at radius 3 is 2.17 bits per heavy atom. The predicted octanol–water partition coefficient (Wildman–Crippen LogP) is 6.31. The molecule has 0 saturated heterocycles. The van der Waals surface area contributed by atoms with Crippen LogP contribution in [0.1, 0.15) is 27.0 Å². The Bertz CT molecular complexity index is 1260. The molecule has 3 rings (SSSR count). The van der Waals surface area contributed by atoms with Gasteiger partial charge in [0.2, 0.25) is 0 Å². The van der Waals surface area contributed by atoms with Crippen LogP contribution in [0.2, 0.25) is 10.0 Å². The molecule has 3 aromatic rings. The first-order valence-corrected chi connectivity index (χ1v) is 11.6. The van der Waals surface area contributed by atoms with Crippen LogP contribution in [0.3, 0.4) is 0 Å². The number of hydrogen-bond acceptors (Lipinski definition) is 4. The van der Waals surface area contributed by atoms with Crippen molar-refractivity contribution < 1.29 is 27.5 Å². The van der Waals surface area contributed by atoms with Crippen LogP contribution in [0.4, 0.5) is 18.9 Å². The third-order valence-electron chi connectivity index (χ3n) is 5.11. The first kappa shape index (κ1) is 27.4. The summed E-state index contributed by atoms with van der Waals surface area (Å²) in [4.78, 5) is 24.7. The van der Waals surface area contributed by atoms with E-state index in [0.717, 1.165) is 6.07 Å². The van der Waals surface area contributed by atoms with Gasteiger partial charge in [0.15, 0.2) is 0 Å². The summed E-state index contributed by atoms with van der Waals surface area (Å²) < 4.78 is 44.9. The van der Waals surface area contributed by atoms with Crippen molar-refractivity contribution in [2.75, 3.05) is 12.4 Å². The zero-order valence-electron chi connectivity index (χ0n) is 18.7. The molecule has 0 aromatic heterocycles. The predicted molar refractivity (Wildman–Crippen MR) is 137 cm³/mol. The Hall–Kier alpha value is -3.14. The number of alkyl halides is 3. The van der Waals surface area contributed by atoms with E-state index in [9.17, 15) is 22.8 Å². The van der Waals surface area contributed by atoms with Gasteiger partial charge in [0.25, 0.3) is 5.91 Å². The molecule has 0 fully saturated rings. The lowest BCUT2D eigenvalue weighted by atomic mass is 10.0. The first-order chi connectivity index (χ1) is 17.0. The Morgan fingerprint density at radius 2 is 1.58 bits per heavy atom. The minimum atomic E-state index is -4.61. The third kappa shape index (κ3) is 6.75. The fourth-order valence-electron chi connectivity index (χ4n) is 3.37. The van der Waals surface area contributed by atoms with Crippen LogP contribution in [0.5, 0.6) is 0 Å². The summed E-state index contributed by atoms with van der Waals surface area (Å²) in [5.41, 5.74) is 0.0538. The highest BCUT2D eigenvalue weighted by Gasteiger charge is 2.34. The average Bonchev–Trinajstić information content (AvgIpc) is 2.83. The van der Waals surface area contributed by atoms with Crippen LogP contribution in [0, 0.1) is 0 Å². The van der Waals surface area contributed by atoms with Crippen molar-refractivity contribution in [3.63, 3.8) is 0 Å². The number of amides is 1. The Balaban J connectivity index is 1.74. The average molecular weight is 555 g/mol. The maximum absolute atomic E-state index is 13.4. The van der Waals surface area contributed by atoms with E-state index >= 15 is 0 Å². The highest BCUT2D eigenvalue weighted by atomic mass is 35.5. The van der Waals surface area contributed by atoms with Gasteiger partial charge >= 0.3 is 12.1 Å². The summed E-state index contributed by atoms with van der Waals surface area (Å²) in [7, 11) is 1.17.